The topological polar surface area (TPSA) is 103 Å². The molecule has 0 bridgehead atoms. The van der Waals surface area contributed by atoms with Gasteiger partial charge in [-0.3, -0.25) is 4.79 Å². The molecule has 3 heterocycles. The lowest BCUT2D eigenvalue weighted by Crippen LogP contribution is -2.48. The number of nitrogens with one attached hydrogen (secondary N) is 1. The quantitative estimate of drug-likeness (QED) is 0.557. The highest BCUT2D eigenvalue weighted by molar-refractivity contribution is 6.13. The molecule has 8 heteroatoms. The first-order chi connectivity index (χ1) is 13.0. The van der Waals surface area contributed by atoms with Crippen LogP contribution in [0.15, 0.2) is 55.1 Å². The molecule has 0 aliphatic carbocycles. The molecule has 0 unspecified atom stereocenters. The van der Waals surface area contributed by atoms with E-state index in [4.69, 9.17) is 9.47 Å². The molecule has 0 atom stereocenters. The first kappa shape index (κ1) is 16.8. The number of aromatic nitrogens is 3. The highest BCUT2D eigenvalue weighted by Gasteiger charge is 2.49. The molecule has 0 radical (unpaired) electrons. The second-order valence-electron chi connectivity index (χ2n) is 6.18. The van der Waals surface area contributed by atoms with Crippen molar-refractivity contribution in [3.63, 3.8) is 0 Å². The Morgan fingerprint density at radius 1 is 1.19 bits per heavy atom. The van der Waals surface area contributed by atoms with Crippen LogP contribution in [0.2, 0.25) is 0 Å². The van der Waals surface area contributed by atoms with E-state index in [0.717, 1.165) is 17.7 Å². The van der Waals surface area contributed by atoms with Crippen molar-refractivity contribution in [1.82, 2.24) is 14.5 Å². The number of ketones is 1. The van der Waals surface area contributed by atoms with Gasteiger partial charge in [0, 0.05) is 48.2 Å². The van der Waals surface area contributed by atoms with Gasteiger partial charge >= 0.3 is 17.7 Å². The number of benzene rings is 1. The van der Waals surface area contributed by atoms with Gasteiger partial charge in [-0.15, -0.1) is 0 Å². The lowest BCUT2D eigenvalue weighted by molar-refractivity contribution is -0.201. The van der Waals surface area contributed by atoms with Gasteiger partial charge in [-0.05, 0) is 6.07 Å². The minimum atomic E-state index is -2.13. The number of fused-ring (bicyclic) bond motifs is 1. The van der Waals surface area contributed by atoms with Gasteiger partial charge in [-0.2, -0.15) is 0 Å². The third-order valence-corrected chi connectivity index (χ3v) is 4.35. The van der Waals surface area contributed by atoms with Gasteiger partial charge in [-0.1, -0.05) is 18.2 Å². The van der Waals surface area contributed by atoms with E-state index in [1.165, 1.54) is 12.5 Å². The van der Waals surface area contributed by atoms with Crippen LogP contribution in [-0.4, -0.2) is 38.0 Å². The Hall–Kier alpha value is -3.68. The Kier molecular flexibility index (Phi) is 3.88. The van der Waals surface area contributed by atoms with Crippen molar-refractivity contribution in [3.05, 3.63) is 66.4 Å². The maximum atomic E-state index is 13.5. The van der Waals surface area contributed by atoms with Gasteiger partial charge in [0.2, 0.25) is 5.78 Å². The van der Waals surface area contributed by atoms with Crippen LogP contribution in [0.3, 0.4) is 0 Å². The SMILES string of the molecule is Cn1cc(C(=O)C2(Cc3cnc[nH]3)OC(=O)C=CC(=O)O2)c2ccccc21. The lowest BCUT2D eigenvalue weighted by Gasteiger charge is -2.29. The summed E-state index contributed by atoms with van der Waals surface area (Å²) in [6.45, 7) is 0. The first-order valence-electron chi connectivity index (χ1n) is 8.19. The average molecular weight is 365 g/mol. The van der Waals surface area contributed by atoms with Crippen molar-refractivity contribution in [2.45, 2.75) is 12.2 Å². The van der Waals surface area contributed by atoms with Crippen LogP contribution in [0.1, 0.15) is 16.1 Å². The number of hydrogen-bond donors (Lipinski definition) is 1. The summed E-state index contributed by atoms with van der Waals surface area (Å²) in [5, 5.41) is 0.665. The Labute approximate surface area is 153 Å². The molecule has 0 spiro atoms. The van der Waals surface area contributed by atoms with Gasteiger partial charge in [0.25, 0.3) is 0 Å². The number of imidazole rings is 1. The van der Waals surface area contributed by atoms with Gasteiger partial charge in [0.05, 0.1) is 18.3 Å². The molecule has 1 aliphatic heterocycles. The van der Waals surface area contributed by atoms with Gasteiger partial charge in [0.15, 0.2) is 0 Å². The van der Waals surface area contributed by atoms with E-state index >= 15 is 0 Å². The standard InChI is InChI=1S/C19H15N3O5/c1-22-10-14(13-4-2-3-5-15(13)22)18(25)19(8-12-9-20-11-21-12)26-16(23)6-7-17(24)27-19/h2-7,9-11H,8H2,1H3,(H,20,21). The molecular weight excluding hydrogens is 350 g/mol. The molecule has 1 aliphatic rings. The Bertz CT molecular complexity index is 1060. The van der Waals surface area contributed by atoms with Crippen LogP contribution in [-0.2, 0) is 32.5 Å². The molecule has 27 heavy (non-hydrogen) atoms. The third kappa shape index (κ3) is 2.91. The van der Waals surface area contributed by atoms with Gasteiger partial charge < -0.3 is 19.0 Å². The summed E-state index contributed by atoms with van der Waals surface area (Å²) >= 11 is 0. The summed E-state index contributed by atoms with van der Waals surface area (Å²) in [7, 11) is 1.80. The van der Waals surface area contributed by atoms with Crippen LogP contribution >= 0.6 is 0 Å². The summed E-state index contributed by atoms with van der Waals surface area (Å²) in [5.41, 5.74) is 1.59. The van der Waals surface area contributed by atoms with E-state index in [0.29, 0.717) is 11.1 Å². The number of carbonyl (C=O) groups excluding carboxylic acids is 3. The number of cyclic esters (lactones) is 2. The van der Waals surface area contributed by atoms with E-state index in [9.17, 15) is 14.4 Å². The van der Waals surface area contributed by atoms with Crippen molar-refractivity contribution in [1.29, 1.82) is 0 Å². The van der Waals surface area contributed by atoms with E-state index < -0.39 is 23.5 Å². The minimum absolute atomic E-state index is 0.186. The lowest BCUT2D eigenvalue weighted by atomic mass is 9.98. The third-order valence-electron chi connectivity index (χ3n) is 4.35. The van der Waals surface area contributed by atoms with Crippen molar-refractivity contribution in [2.24, 2.45) is 7.05 Å². The number of carbonyl (C=O) groups is 3. The van der Waals surface area contributed by atoms with Crippen LogP contribution in [0.4, 0.5) is 0 Å². The zero-order valence-corrected chi connectivity index (χ0v) is 14.3. The molecule has 0 fully saturated rings. The molecule has 4 rings (SSSR count). The fourth-order valence-electron chi connectivity index (χ4n) is 3.15. The highest BCUT2D eigenvalue weighted by Crippen LogP contribution is 2.31. The van der Waals surface area contributed by atoms with Gasteiger partial charge in [0.1, 0.15) is 0 Å². The summed E-state index contributed by atoms with van der Waals surface area (Å²) in [6, 6.07) is 7.30. The maximum Gasteiger partial charge on any atom is 0.334 e. The molecule has 1 aromatic carbocycles. The number of aromatic amines is 1. The Balaban J connectivity index is 1.86. The number of ether oxygens (including phenoxy) is 2. The van der Waals surface area contributed by atoms with Crippen LogP contribution in [0.25, 0.3) is 10.9 Å². The molecule has 1 N–H and O–H groups in total. The van der Waals surface area contributed by atoms with Crippen LogP contribution in [0.5, 0.6) is 0 Å². The average Bonchev–Trinajstić information content (AvgIpc) is 3.24. The number of aryl methyl sites for hydroxylation is 1. The normalized spacial score (nSPS) is 16.0. The number of esters is 2. The van der Waals surface area contributed by atoms with Crippen molar-refractivity contribution in [2.75, 3.05) is 0 Å². The summed E-state index contributed by atoms with van der Waals surface area (Å²) in [6.07, 6.45) is 6.21. The predicted octanol–water partition coefficient (Wildman–Crippen LogP) is 1.68. The van der Waals surface area contributed by atoms with Crippen LogP contribution in [0, 0.1) is 0 Å². The largest absolute Gasteiger partial charge is 0.411 e. The second-order valence-corrected chi connectivity index (χ2v) is 6.18. The zero-order chi connectivity index (χ0) is 19.0. The van der Waals surface area contributed by atoms with E-state index in [-0.39, 0.29) is 12.0 Å². The monoisotopic (exact) mass is 365 g/mol. The molecule has 8 nitrogen and oxygen atoms in total. The number of hydrogen-bond acceptors (Lipinski definition) is 6. The zero-order valence-electron chi connectivity index (χ0n) is 14.3. The van der Waals surface area contributed by atoms with Gasteiger partial charge in [-0.25, -0.2) is 14.6 Å². The molecule has 0 amide bonds. The number of Topliss-reactive ketones (excluding diaryl/α,β-unsaturated/α-hetero) is 1. The molecule has 3 aromatic rings. The van der Waals surface area contributed by atoms with E-state index in [2.05, 4.69) is 9.97 Å². The van der Waals surface area contributed by atoms with Crippen molar-refractivity contribution in [3.8, 4) is 0 Å². The smallest absolute Gasteiger partial charge is 0.334 e. The second kappa shape index (κ2) is 6.24. The molecule has 0 saturated carbocycles. The summed E-state index contributed by atoms with van der Waals surface area (Å²) in [5.74, 6) is -4.43. The number of nitrogens with zero attached hydrogens (tertiary/aromatic N) is 2. The first-order valence-corrected chi connectivity index (χ1v) is 8.19. The summed E-state index contributed by atoms with van der Waals surface area (Å²) in [4.78, 5) is 44.3. The fraction of sp³-hybridized carbons (Fsp3) is 0.158. The van der Waals surface area contributed by atoms with Crippen molar-refractivity contribution >= 4 is 28.6 Å². The Morgan fingerprint density at radius 3 is 2.56 bits per heavy atom. The molecule has 0 saturated heterocycles. The minimum Gasteiger partial charge on any atom is -0.411 e. The molecular formula is C19H15N3O5. The predicted molar refractivity (Wildman–Crippen MR) is 93.6 cm³/mol. The maximum absolute atomic E-state index is 13.5. The van der Waals surface area contributed by atoms with E-state index in [1.807, 2.05) is 12.1 Å². The van der Waals surface area contributed by atoms with E-state index in [1.54, 1.807) is 29.9 Å². The molecule has 2 aromatic heterocycles. The van der Waals surface area contributed by atoms with Crippen LogP contribution < -0.4 is 0 Å². The fourth-order valence-corrected chi connectivity index (χ4v) is 3.15. The van der Waals surface area contributed by atoms with Crippen molar-refractivity contribution < 1.29 is 23.9 Å². The summed E-state index contributed by atoms with van der Waals surface area (Å²) < 4.78 is 12.5. The molecule has 136 valence electrons. The number of para-hydroxylation sites is 1. The number of rotatable bonds is 4. The Morgan fingerprint density at radius 2 is 1.89 bits per heavy atom. The number of H-pyrrole nitrogens is 1. The highest BCUT2D eigenvalue weighted by atomic mass is 16.7.